The Hall–Kier alpha value is -3.41. The fourth-order valence-corrected chi connectivity index (χ4v) is 4.45. The lowest BCUT2D eigenvalue weighted by atomic mass is 9.86. The summed E-state index contributed by atoms with van der Waals surface area (Å²) in [5.74, 6) is -0.0544. The van der Waals surface area contributed by atoms with Gasteiger partial charge in [-0.1, -0.05) is 18.2 Å². The van der Waals surface area contributed by atoms with E-state index < -0.39 is 0 Å². The Morgan fingerprint density at radius 2 is 2.21 bits per heavy atom. The Morgan fingerprint density at radius 3 is 3.07 bits per heavy atom. The van der Waals surface area contributed by atoms with Crippen LogP contribution in [0.1, 0.15) is 30.1 Å². The molecule has 5 rings (SSSR count). The highest BCUT2D eigenvalue weighted by Gasteiger charge is 2.31. The second-order valence-electron chi connectivity index (χ2n) is 7.54. The van der Waals surface area contributed by atoms with Gasteiger partial charge in [-0.05, 0) is 49.1 Å². The van der Waals surface area contributed by atoms with Crippen LogP contribution in [0.25, 0.3) is 10.9 Å². The van der Waals surface area contributed by atoms with Crippen molar-refractivity contribution in [3.63, 3.8) is 0 Å². The van der Waals surface area contributed by atoms with Gasteiger partial charge in [0.25, 0.3) is 5.91 Å². The Labute approximate surface area is 168 Å². The van der Waals surface area contributed by atoms with Crippen molar-refractivity contribution in [3.8, 4) is 5.75 Å². The van der Waals surface area contributed by atoms with Crippen molar-refractivity contribution in [2.75, 3.05) is 7.11 Å². The van der Waals surface area contributed by atoms with Gasteiger partial charge >= 0.3 is 0 Å². The van der Waals surface area contributed by atoms with E-state index in [4.69, 9.17) is 4.74 Å². The number of carbonyl (C=O) groups excluding carboxylic acids is 2. The molecule has 2 aliphatic carbocycles. The summed E-state index contributed by atoms with van der Waals surface area (Å²) in [6, 6.07) is 5.86. The van der Waals surface area contributed by atoms with Crippen LogP contribution in [-0.4, -0.2) is 29.6 Å². The normalized spacial score (nSPS) is 22.6. The summed E-state index contributed by atoms with van der Waals surface area (Å²) in [5, 5.41) is 4.29. The molecule has 3 aliphatic rings. The number of amides is 2. The first-order chi connectivity index (χ1) is 14.1. The molecule has 0 saturated heterocycles. The minimum absolute atomic E-state index is 0.119. The van der Waals surface area contributed by atoms with Crippen molar-refractivity contribution in [2.24, 2.45) is 10.9 Å². The number of hydrogen-bond acceptors (Lipinski definition) is 3. The molecule has 146 valence electrons. The van der Waals surface area contributed by atoms with Gasteiger partial charge in [0.15, 0.2) is 0 Å². The van der Waals surface area contributed by atoms with Crippen LogP contribution < -0.4 is 10.1 Å². The summed E-state index contributed by atoms with van der Waals surface area (Å²) in [5.41, 5.74) is 4.38. The predicted octanol–water partition coefficient (Wildman–Crippen LogP) is 3.32. The highest BCUT2D eigenvalue weighted by atomic mass is 16.5. The van der Waals surface area contributed by atoms with E-state index >= 15 is 0 Å². The third-order valence-electron chi connectivity index (χ3n) is 5.84. The number of methoxy groups -OCH3 is 1. The Bertz CT molecular complexity index is 1150. The number of ether oxygens (including phenoxy) is 1. The summed E-state index contributed by atoms with van der Waals surface area (Å²) in [6.45, 7) is 0. The molecule has 0 bridgehead atoms. The Balaban J connectivity index is 1.45. The van der Waals surface area contributed by atoms with E-state index in [-0.39, 0.29) is 23.8 Å². The molecule has 2 atom stereocenters. The molecule has 6 heteroatoms. The number of hydrogen-bond donors (Lipinski definition) is 2. The lowest BCUT2D eigenvalue weighted by Crippen LogP contribution is -2.36. The smallest absolute Gasteiger partial charge is 0.270 e. The van der Waals surface area contributed by atoms with Crippen LogP contribution in [-0.2, 0) is 16.0 Å². The number of aromatic amines is 1. The van der Waals surface area contributed by atoms with Crippen molar-refractivity contribution in [1.29, 1.82) is 0 Å². The van der Waals surface area contributed by atoms with Crippen molar-refractivity contribution in [3.05, 3.63) is 65.4 Å². The lowest BCUT2D eigenvalue weighted by molar-refractivity contribution is -0.119. The number of allylic oxidation sites excluding steroid dienone is 4. The monoisotopic (exact) mass is 387 g/mol. The fraction of sp³-hybridized carbons (Fsp3) is 0.261. The molecule has 2 N–H and O–H groups in total. The molecule has 0 radical (unpaired) electrons. The zero-order valence-electron chi connectivity index (χ0n) is 16.1. The van der Waals surface area contributed by atoms with Crippen molar-refractivity contribution in [2.45, 2.75) is 25.3 Å². The summed E-state index contributed by atoms with van der Waals surface area (Å²) >= 11 is 0. The molecule has 1 aromatic heterocycles. The van der Waals surface area contributed by atoms with E-state index in [1.54, 1.807) is 13.2 Å². The van der Waals surface area contributed by atoms with Gasteiger partial charge in [0.1, 0.15) is 5.75 Å². The van der Waals surface area contributed by atoms with Crippen LogP contribution >= 0.6 is 0 Å². The van der Waals surface area contributed by atoms with Crippen LogP contribution in [0.5, 0.6) is 5.75 Å². The average Bonchev–Trinajstić information content (AvgIpc) is 3.12. The van der Waals surface area contributed by atoms with Crippen LogP contribution in [0.3, 0.4) is 0 Å². The highest BCUT2D eigenvalue weighted by Crippen LogP contribution is 2.36. The van der Waals surface area contributed by atoms with E-state index in [0.717, 1.165) is 41.6 Å². The number of rotatable bonds is 3. The van der Waals surface area contributed by atoms with E-state index in [0.29, 0.717) is 11.3 Å². The largest absolute Gasteiger partial charge is 0.497 e. The van der Waals surface area contributed by atoms with E-state index in [1.807, 2.05) is 36.4 Å². The van der Waals surface area contributed by atoms with Gasteiger partial charge in [0, 0.05) is 28.2 Å². The molecule has 29 heavy (non-hydrogen) atoms. The molecule has 0 spiro atoms. The first-order valence-corrected chi connectivity index (χ1v) is 9.82. The maximum atomic E-state index is 13.1. The SMILES string of the molecule is COc1ccc2[nH]c3c(c2c1)CCCC3NC(=O)C1=CC(=O)N=C2C=CC=CC12. The molecule has 0 fully saturated rings. The summed E-state index contributed by atoms with van der Waals surface area (Å²) in [6.07, 6.45) is 11.5. The minimum Gasteiger partial charge on any atom is -0.497 e. The van der Waals surface area contributed by atoms with E-state index in [2.05, 4.69) is 15.3 Å². The fourth-order valence-electron chi connectivity index (χ4n) is 4.45. The summed E-state index contributed by atoms with van der Waals surface area (Å²) in [4.78, 5) is 32.6. The zero-order valence-corrected chi connectivity index (χ0v) is 16.1. The van der Waals surface area contributed by atoms with Gasteiger partial charge in [-0.25, -0.2) is 4.99 Å². The number of aliphatic imine (C=N–C) groups is 1. The Morgan fingerprint density at radius 1 is 1.31 bits per heavy atom. The third kappa shape index (κ3) is 3.01. The second-order valence-corrected chi connectivity index (χ2v) is 7.54. The Kier molecular flexibility index (Phi) is 4.19. The van der Waals surface area contributed by atoms with E-state index in [1.165, 1.54) is 11.6 Å². The number of dihydropyridines is 1. The molecule has 1 aromatic carbocycles. The van der Waals surface area contributed by atoms with Crippen LogP contribution in [0.2, 0.25) is 0 Å². The number of nitrogens with zero attached hydrogens (tertiary/aromatic N) is 1. The minimum atomic E-state index is -0.386. The van der Waals surface area contributed by atoms with Gasteiger partial charge in [0.2, 0.25) is 5.91 Å². The molecule has 2 unspecified atom stereocenters. The number of carbonyl (C=O) groups is 2. The molecule has 0 saturated carbocycles. The molecule has 2 heterocycles. The number of benzene rings is 1. The molecule has 6 nitrogen and oxygen atoms in total. The maximum absolute atomic E-state index is 13.1. The first-order valence-electron chi connectivity index (χ1n) is 9.82. The van der Waals surface area contributed by atoms with Crippen molar-refractivity contribution >= 4 is 28.4 Å². The molecular weight excluding hydrogens is 366 g/mol. The molecule has 2 amide bonds. The predicted molar refractivity (Wildman–Crippen MR) is 111 cm³/mol. The van der Waals surface area contributed by atoms with Gasteiger partial charge in [-0.3, -0.25) is 9.59 Å². The number of fused-ring (bicyclic) bond motifs is 4. The topological polar surface area (TPSA) is 83.5 Å². The number of aromatic nitrogens is 1. The zero-order chi connectivity index (χ0) is 20.0. The van der Waals surface area contributed by atoms with Crippen LogP contribution in [0.4, 0.5) is 0 Å². The number of aryl methyl sites for hydroxylation is 1. The van der Waals surface area contributed by atoms with Gasteiger partial charge in [-0.2, -0.15) is 0 Å². The quantitative estimate of drug-likeness (QED) is 0.847. The number of nitrogens with one attached hydrogen (secondary N) is 2. The lowest BCUT2D eigenvalue weighted by Gasteiger charge is -2.27. The van der Waals surface area contributed by atoms with Crippen LogP contribution in [0.15, 0.2) is 59.1 Å². The van der Waals surface area contributed by atoms with Crippen LogP contribution in [0, 0.1) is 5.92 Å². The van der Waals surface area contributed by atoms with Gasteiger partial charge < -0.3 is 15.0 Å². The van der Waals surface area contributed by atoms with Crippen molar-refractivity contribution in [1.82, 2.24) is 10.3 Å². The molecular formula is C23H21N3O3. The first kappa shape index (κ1) is 17.7. The summed E-state index contributed by atoms with van der Waals surface area (Å²) < 4.78 is 5.37. The average molecular weight is 387 g/mol. The molecule has 2 aromatic rings. The maximum Gasteiger partial charge on any atom is 0.270 e. The van der Waals surface area contributed by atoms with Gasteiger partial charge in [-0.15, -0.1) is 0 Å². The highest BCUT2D eigenvalue weighted by molar-refractivity contribution is 6.18. The second kappa shape index (κ2) is 6.88. The van der Waals surface area contributed by atoms with Gasteiger partial charge in [0.05, 0.1) is 24.8 Å². The number of H-pyrrole nitrogens is 1. The standard InChI is InChI=1S/C23H21N3O3/c1-29-13-9-10-19-16(11-13)15-6-4-8-20(22(15)25-19)26-23(28)17-12-21(27)24-18-7-3-2-5-14(17)18/h2-3,5,7,9-12,14,20,25H,4,6,8H2,1H3,(H,26,28). The van der Waals surface area contributed by atoms with E-state index in [9.17, 15) is 9.59 Å². The van der Waals surface area contributed by atoms with Crippen molar-refractivity contribution < 1.29 is 14.3 Å². The molecule has 1 aliphatic heterocycles. The summed E-state index contributed by atoms with van der Waals surface area (Å²) in [7, 11) is 1.66. The third-order valence-corrected chi connectivity index (χ3v) is 5.84.